The van der Waals surface area contributed by atoms with Crippen LogP contribution in [0.3, 0.4) is 0 Å². The number of carbonyl (C=O) groups is 5. The smallest absolute Gasteiger partial charge is 0.322 e. The molecule has 0 rings (SSSR count). The van der Waals surface area contributed by atoms with Gasteiger partial charge in [0.15, 0.2) is 0 Å². The van der Waals surface area contributed by atoms with Crippen molar-refractivity contribution < 1.29 is 39.3 Å². The van der Waals surface area contributed by atoms with Crippen molar-refractivity contribution in [3.63, 3.8) is 0 Å². The van der Waals surface area contributed by atoms with E-state index in [1.165, 1.54) is 44.9 Å². The predicted octanol–water partition coefficient (Wildman–Crippen LogP) is 3.68. The maximum absolute atomic E-state index is 11.5. The number of carbonyl (C=O) groups excluding carboxylic acids is 2. The summed E-state index contributed by atoms with van der Waals surface area (Å²) in [6.07, 6.45) is 22.0. The van der Waals surface area contributed by atoms with Crippen molar-refractivity contribution in [2.75, 3.05) is 12.3 Å². The Labute approximate surface area is 243 Å². The number of carboxylic acids is 3. The van der Waals surface area contributed by atoms with Crippen LogP contribution in [0.2, 0.25) is 0 Å². The zero-order valence-corrected chi connectivity index (χ0v) is 24.6. The Hall–Kier alpha value is -2.86. The molecule has 0 aromatic carbocycles. The van der Waals surface area contributed by atoms with Crippen LogP contribution < -0.4 is 16.4 Å². The molecule has 0 aliphatic carbocycles. The maximum Gasteiger partial charge on any atom is 0.322 e. The summed E-state index contributed by atoms with van der Waals surface area (Å²) in [5.74, 6) is -4.37. The first-order valence-electron chi connectivity index (χ1n) is 13.9. The van der Waals surface area contributed by atoms with E-state index in [4.69, 9.17) is 21.1 Å². The molecule has 0 aromatic heterocycles. The molecule has 0 unspecified atom stereocenters. The first-order valence-corrected chi connectivity index (χ1v) is 14.6. The molecule has 0 saturated carbocycles. The largest absolute Gasteiger partial charge is 0.481 e. The number of carboxylic acid groups (broad SMARTS) is 3. The summed E-state index contributed by atoms with van der Waals surface area (Å²) in [4.78, 5) is 54.1. The van der Waals surface area contributed by atoms with Crippen LogP contribution in [0.15, 0.2) is 24.3 Å². The van der Waals surface area contributed by atoms with Crippen molar-refractivity contribution in [3.05, 3.63) is 24.3 Å². The fourth-order valence-corrected chi connectivity index (χ4v) is 3.50. The van der Waals surface area contributed by atoms with Crippen molar-refractivity contribution in [1.29, 1.82) is 0 Å². The summed E-state index contributed by atoms with van der Waals surface area (Å²) in [6.45, 7) is 1.67. The van der Waals surface area contributed by atoms with Gasteiger partial charge in [-0.3, -0.25) is 24.0 Å². The standard InChI is InChI=1S/C18H32O2.C10H17N3O6S/c1-2-3-4-5-6-7-8-9-10-11-12-13-14-15-16-17-18(19)20;11-5(10(18)19)1-2-7(14)13-6(4-20)9(17)12-3-8(15)16/h6-7,9-10H,2-5,8,11-17H2,1H3,(H,19,20);5-6,20H,1-4,11H2,(H,12,17)(H,13,14)(H,15,16)(H,18,19)/b7-6-,10-9-;/t;5-,6-/m.0/s1. The van der Waals surface area contributed by atoms with Crippen LogP contribution in [0.5, 0.6) is 0 Å². The zero-order chi connectivity index (χ0) is 30.6. The van der Waals surface area contributed by atoms with E-state index >= 15 is 0 Å². The molecule has 0 aromatic rings. The van der Waals surface area contributed by atoms with Crippen molar-refractivity contribution in [1.82, 2.24) is 10.6 Å². The molecule has 2 amide bonds. The van der Waals surface area contributed by atoms with Gasteiger partial charge in [-0.25, -0.2) is 0 Å². The second-order valence-corrected chi connectivity index (χ2v) is 9.64. The molecule has 0 radical (unpaired) electrons. The van der Waals surface area contributed by atoms with Gasteiger partial charge < -0.3 is 31.7 Å². The Bertz CT molecular complexity index is 790. The van der Waals surface area contributed by atoms with Gasteiger partial charge >= 0.3 is 17.9 Å². The summed E-state index contributed by atoms with van der Waals surface area (Å²) in [5, 5.41) is 29.9. The Balaban J connectivity index is 0. The van der Waals surface area contributed by atoms with E-state index in [0.29, 0.717) is 6.42 Å². The molecule has 0 spiro atoms. The number of rotatable bonds is 23. The topological polar surface area (TPSA) is 196 Å². The second kappa shape index (κ2) is 27.7. The predicted molar refractivity (Wildman–Crippen MR) is 158 cm³/mol. The normalized spacial score (nSPS) is 12.4. The number of nitrogens with two attached hydrogens (primary N) is 1. The summed E-state index contributed by atoms with van der Waals surface area (Å²) in [5.41, 5.74) is 5.23. The lowest BCUT2D eigenvalue weighted by molar-refractivity contribution is -0.139. The first-order chi connectivity index (χ1) is 19.0. The lowest BCUT2D eigenvalue weighted by Gasteiger charge is -2.16. The Kier molecular flexibility index (Phi) is 27.2. The van der Waals surface area contributed by atoms with Gasteiger partial charge in [0.2, 0.25) is 11.8 Å². The van der Waals surface area contributed by atoms with Crippen LogP contribution in [-0.2, 0) is 24.0 Å². The molecule has 0 aliphatic rings. The van der Waals surface area contributed by atoms with Crippen LogP contribution in [0, 0.1) is 0 Å². The van der Waals surface area contributed by atoms with Crippen molar-refractivity contribution in [2.45, 2.75) is 109 Å². The molecule has 0 aliphatic heterocycles. The Morgan fingerprint density at radius 1 is 0.800 bits per heavy atom. The number of allylic oxidation sites excluding steroid dienone is 4. The average molecular weight is 588 g/mol. The number of amides is 2. The molecule has 0 fully saturated rings. The van der Waals surface area contributed by atoms with Gasteiger partial charge in [-0.1, -0.05) is 63.3 Å². The van der Waals surface area contributed by atoms with Gasteiger partial charge in [-0.2, -0.15) is 12.6 Å². The SMILES string of the molecule is CCCCC/C=C\C/C=C\CCCCCCCC(=O)O.N[C@@H](CCC(=O)N[C@@H](CS)C(=O)NCC(=O)O)C(=O)O. The van der Waals surface area contributed by atoms with Crippen LogP contribution in [0.1, 0.15) is 96.8 Å². The van der Waals surface area contributed by atoms with Gasteiger partial charge in [0.1, 0.15) is 18.6 Å². The highest BCUT2D eigenvalue weighted by atomic mass is 32.1. The number of hydrogen-bond acceptors (Lipinski definition) is 7. The summed E-state index contributed by atoms with van der Waals surface area (Å²) < 4.78 is 0. The minimum absolute atomic E-state index is 0.0256. The van der Waals surface area contributed by atoms with E-state index in [1.54, 1.807) is 0 Å². The third kappa shape index (κ3) is 28.2. The monoisotopic (exact) mass is 587 g/mol. The third-order valence-electron chi connectivity index (χ3n) is 5.59. The second-order valence-electron chi connectivity index (χ2n) is 9.27. The average Bonchev–Trinajstić information content (AvgIpc) is 2.91. The molecule has 2 atom stereocenters. The Morgan fingerprint density at radius 3 is 1.90 bits per heavy atom. The van der Waals surface area contributed by atoms with E-state index in [2.05, 4.69) is 54.5 Å². The minimum Gasteiger partial charge on any atom is -0.481 e. The number of thiol groups is 1. The number of aliphatic carboxylic acids is 3. The van der Waals surface area contributed by atoms with E-state index < -0.39 is 48.4 Å². The van der Waals surface area contributed by atoms with Gasteiger partial charge in [-0.05, 0) is 44.9 Å². The summed E-state index contributed by atoms with van der Waals surface area (Å²) in [7, 11) is 0. The third-order valence-corrected chi connectivity index (χ3v) is 5.95. The van der Waals surface area contributed by atoms with E-state index in [0.717, 1.165) is 25.7 Å². The highest BCUT2D eigenvalue weighted by Gasteiger charge is 2.20. The molecular weight excluding hydrogens is 538 g/mol. The number of nitrogens with one attached hydrogen (secondary N) is 2. The number of unbranched alkanes of at least 4 members (excludes halogenated alkanes) is 8. The molecule has 230 valence electrons. The molecule has 7 N–H and O–H groups in total. The van der Waals surface area contributed by atoms with Gasteiger partial charge in [0.05, 0.1) is 0 Å². The van der Waals surface area contributed by atoms with Gasteiger partial charge in [0, 0.05) is 18.6 Å². The molecule has 0 saturated heterocycles. The maximum atomic E-state index is 11.5. The highest BCUT2D eigenvalue weighted by molar-refractivity contribution is 7.80. The van der Waals surface area contributed by atoms with Crippen LogP contribution >= 0.6 is 12.6 Å². The van der Waals surface area contributed by atoms with Gasteiger partial charge in [-0.15, -0.1) is 0 Å². The lowest BCUT2D eigenvalue weighted by Crippen LogP contribution is -2.49. The molecule has 11 nitrogen and oxygen atoms in total. The van der Waals surface area contributed by atoms with Crippen molar-refractivity contribution >= 4 is 42.4 Å². The zero-order valence-electron chi connectivity index (χ0n) is 23.7. The fourth-order valence-electron chi connectivity index (χ4n) is 3.24. The van der Waals surface area contributed by atoms with Crippen molar-refractivity contribution in [3.8, 4) is 0 Å². The summed E-state index contributed by atoms with van der Waals surface area (Å²) >= 11 is 3.87. The highest BCUT2D eigenvalue weighted by Crippen LogP contribution is 2.08. The minimum atomic E-state index is -1.22. The van der Waals surface area contributed by atoms with E-state index in [9.17, 15) is 24.0 Å². The summed E-state index contributed by atoms with van der Waals surface area (Å²) in [6, 6.07) is -2.15. The van der Waals surface area contributed by atoms with Crippen LogP contribution in [-0.4, -0.2) is 69.4 Å². The van der Waals surface area contributed by atoms with E-state index in [-0.39, 0.29) is 18.6 Å². The van der Waals surface area contributed by atoms with Crippen LogP contribution in [0.25, 0.3) is 0 Å². The lowest BCUT2D eigenvalue weighted by atomic mass is 10.1. The molecule has 0 heterocycles. The molecule has 12 heteroatoms. The quantitative estimate of drug-likeness (QED) is 0.0530. The fraction of sp³-hybridized carbons (Fsp3) is 0.679. The van der Waals surface area contributed by atoms with Gasteiger partial charge in [0.25, 0.3) is 0 Å². The first kappa shape index (κ1) is 39.3. The number of hydrogen-bond donors (Lipinski definition) is 7. The molecule has 0 bridgehead atoms. The molecule has 40 heavy (non-hydrogen) atoms. The van der Waals surface area contributed by atoms with Crippen LogP contribution in [0.4, 0.5) is 0 Å². The Morgan fingerprint density at radius 2 is 1.38 bits per heavy atom. The molecular formula is C28H49N3O8S. The van der Waals surface area contributed by atoms with E-state index in [1.807, 2.05) is 0 Å². The van der Waals surface area contributed by atoms with Crippen molar-refractivity contribution in [2.24, 2.45) is 5.73 Å².